The van der Waals surface area contributed by atoms with Crippen molar-refractivity contribution in [1.29, 1.82) is 0 Å². The zero-order valence-corrected chi connectivity index (χ0v) is 9.63. The van der Waals surface area contributed by atoms with Crippen LogP contribution in [0.4, 0.5) is 0 Å². The molecule has 0 aliphatic carbocycles. The van der Waals surface area contributed by atoms with Gasteiger partial charge in [-0.2, -0.15) is 0 Å². The number of amides is 1. The van der Waals surface area contributed by atoms with Crippen molar-refractivity contribution in [2.24, 2.45) is 0 Å². The first-order valence-corrected chi connectivity index (χ1v) is 5.38. The van der Waals surface area contributed by atoms with Gasteiger partial charge in [-0.15, -0.1) is 0 Å². The minimum atomic E-state index is 0.221. The van der Waals surface area contributed by atoms with E-state index >= 15 is 0 Å². The number of carbonyl (C=O) groups is 1. The van der Waals surface area contributed by atoms with Crippen molar-refractivity contribution in [2.75, 3.05) is 19.6 Å². The smallest absolute Gasteiger partial charge is 0.219 e. The van der Waals surface area contributed by atoms with E-state index in [9.17, 15) is 4.79 Å². The molecular formula is C11H20N2O. The summed E-state index contributed by atoms with van der Waals surface area (Å²) in [4.78, 5) is 15.8. The summed E-state index contributed by atoms with van der Waals surface area (Å²) in [5.41, 5.74) is 0.475. The quantitative estimate of drug-likeness (QED) is 0.579. The number of carbonyl (C=O) groups excluding carboxylic acids is 1. The number of rotatable bonds is 0. The summed E-state index contributed by atoms with van der Waals surface area (Å²) in [6.45, 7) is 11.5. The molecule has 0 bridgehead atoms. The van der Waals surface area contributed by atoms with Gasteiger partial charge in [0.15, 0.2) is 0 Å². The van der Waals surface area contributed by atoms with Crippen molar-refractivity contribution in [3.8, 4) is 0 Å². The minimum Gasteiger partial charge on any atom is -0.335 e. The molecule has 3 heteroatoms. The Hall–Kier alpha value is -0.570. The van der Waals surface area contributed by atoms with Crippen LogP contribution >= 0.6 is 0 Å². The molecule has 0 aromatic carbocycles. The SMILES string of the molecule is CC(=O)N1CCC12CN(C(C)(C)C)C2. The molecule has 2 rings (SSSR count). The fraction of sp³-hybridized carbons (Fsp3) is 0.909. The Bertz CT molecular complexity index is 261. The predicted octanol–water partition coefficient (Wildman–Crippen LogP) is 1.09. The van der Waals surface area contributed by atoms with Gasteiger partial charge in [-0.1, -0.05) is 0 Å². The van der Waals surface area contributed by atoms with Crippen LogP contribution in [0.1, 0.15) is 34.1 Å². The molecule has 3 nitrogen and oxygen atoms in total. The summed E-state index contributed by atoms with van der Waals surface area (Å²) in [6, 6.07) is 0. The lowest BCUT2D eigenvalue weighted by Gasteiger charge is -2.65. The molecule has 1 amide bonds. The van der Waals surface area contributed by atoms with Gasteiger partial charge >= 0.3 is 0 Å². The van der Waals surface area contributed by atoms with Crippen molar-refractivity contribution >= 4 is 5.91 Å². The van der Waals surface area contributed by atoms with Crippen molar-refractivity contribution in [3.05, 3.63) is 0 Å². The Balaban J connectivity index is 1.96. The highest BCUT2D eigenvalue weighted by molar-refractivity contribution is 5.75. The van der Waals surface area contributed by atoms with Gasteiger partial charge in [0.1, 0.15) is 0 Å². The lowest BCUT2D eigenvalue weighted by Crippen LogP contribution is -2.79. The lowest BCUT2D eigenvalue weighted by atomic mass is 9.75. The summed E-state index contributed by atoms with van der Waals surface area (Å²) < 4.78 is 0. The minimum absolute atomic E-state index is 0.221. The van der Waals surface area contributed by atoms with E-state index in [2.05, 4.69) is 25.7 Å². The summed E-state index contributed by atoms with van der Waals surface area (Å²) in [5.74, 6) is 0.241. The van der Waals surface area contributed by atoms with Crippen molar-refractivity contribution in [2.45, 2.75) is 45.2 Å². The maximum Gasteiger partial charge on any atom is 0.219 e. The molecule has 0 radical (unpaired) electrons. The topological polar surface area (TPSA) is 23.6 Å². The van der Waals surface area contributed by atoms with Crippen LogP contribution in [0.25, 0.3) is 0 Å². The molecule has 2 aliphatic heterocycles. The standard InChI is InChI=1S/C11H20N2O/c1-9(14)13-6-5-11(13)7-12(8-11)10(2,3)4/h5-8H2,1-4H3. The van der Waals surface area contributed by atoms with Crippen LogP contribution in [-0.2, 0) is 4.79 Å². The second kappa shape index (κ2) is 2.72. The zero-order chi connectivity index (χ0) is 10.6. The molecule has 14 heavy (non-hydrogen) atoms. The molecule has 2 fully saturated rings. The van der Waals surface area contributed by atoms with Gasteiger partial charge in [0.05, 0.1) is 5.54 Å². The highest BCUT2D eigenvalue weighted by Gasteiger charge is 2.56. The molecule has 0 aromatic rings. The van der Waals surface area contributed by atoms with E-state index in [1.807, 2.05) is 4.90 Å². The molecule has 1 spiro atoms. The normalized spacial score (nSPS) is 25.9. The van der Waals surface area contributed by atoms with Crippen LogP contribution in [-0.4, -0.2) is 46.4 Å². The van der Waals surface area contributed by atoms with Crippen LogP contribution < -0.4 is 0 Å². The highest BCUT2D eigenvalue weighted by atomic mass is 16.2. The molecule has 2 aliphatic rings. The monoisotopic (exact) mass is 196 g/mol. The fourth-order valence-electron chi connectivity index (χ4n) is 2.50. The average molecular weight is 196 g/mol. The number of hydrogen-bond acceptors (Lipinski definition) is 2. The Morgan fingerprint density at radius 3 is 2.14 bits per heavy atom. The van der Waals surface area contributed by atoms with Crippen molar-refractivity contribution in [1.82, 2.24) is 9.80 Å². The first-order valence-electron chi connectivity index (χ1n) is 5.38. The van der Waals surface area contributed by atoms with E-state index in [1.54, 1.807) is 6.92 Å². The Labute approximate surface area is 86.1 Å². The molecule has 0 saturated carbocycles. The van der Waals surface area contributed by atoms with Crippen molar-refractivity contribution in [3.63, 3.8) is 0 Å². The van der Waals surface area contributed by atoms with Gasteiger partial charge < -0.3 is 4.90 Å². The third kappa shape index (κ3) is 1.26. The van der Waals surface area contributed by atoms with Crippen LogP contribution in [0.5, 0.6) is 0 Å². The second-order valence-corrected chi connectivity index (χ2v) is 5.67. The summed E-state index contributed by atoms with van der Waals surface area (Å²) in [5, 5.41) is 0. The molecule has 2 heterocycles. The van der Waals surface area contributed by atoms with Crippen molar-refractivity contribution < 1.29 is 4.79 Å². The molecule has 0 atom stereocenters. The van der Waals surface area contributed by atoms with Gasteiger partial charge in [-0.05, 0) is 27.2 Å². The molecule has 2 saturated heterocycles. The maximum absolute atomic E-state index is 11.3. The van der Waals surface area contributed by atoms with E-state index in [0.29, 0.717) is 0 Å². The first kappa shape index (κ1) is 9.97. The zero-order valence-electron chi connectivity index (χ0n) is 9.63. The molecular weight excluding hydrogens is 176 g/mol. The van der Waals surface area contributed by atoms with Gasteiger partial charge in [-0.25, -0.2) is 0 Å². The van der Waals surface area contributed by atoms with Gasteiger partial charge in [0.2, 0.25) is 5.91 Å². The van der Waals surface area contributed by atoms with Gasteiger partial charge in [0, 0.05) is 32.1 Å². The third-order valence-electron chi connectivity index (χ3n) is 3.67. The molecule has 0 unspecified atom stereocenters. The van der Waals surface area contributed by atoms with E-state index in [1.165, 1.54) is 6.42 Å². The van der Waals surface area contributed by atoms with E-state index in [0.717, 1.165) is 19.6 Å². The Morgan fingerprint density at radius 2 is 1.86 bits per heavy atom. The number of hydrogen-bond donors (Lipinski definition) is 0. The highest BCUT2D eigenvalue weighted by Crippen LogP contribution is 2.41. The molecule has 0 aromatic heterocycles. The Kier molecular flexibility index (Phi) is 1.94. The van der Waals surface area contributed by atoms with Crippen LogP contribution in [0, 0.1) is 0 Å². The average Bonchev–Trinajstić information content (AvgIpc) is 1.74. The van der Waals surface area contributed by atoms with Gasteiger partial charge in [0.25, 0.3) is 0 Å². The summed E-state index contributed by atoms with van der Waals surface area (Å²) in [7, 11) is 0. The molecule has 0 N–H and O–H groups in total. The van der Waals surface area contributed by atoms with E-state index in [-0.39, 0.29) is 17.0 Å². The number of likely N-dealkylation sites (tertiary alicyclic amines) is 2. The predicted molar refractivity (Wildman–Crippen MR) is 56.1 cm³/mol. The third-order valence-corrected chi connectivity index (χ3v) is 3.67. The largest absolute Gasteiger partial charge is 0.335 e. The molecule has 80 valence electrons. The van der Waals surface area contributed by atoms with Crippen LogP contribution in [0.3, 0.4) is 0 Å². The van der Waals surface area contributed by atoms with Gasteiger partial charge in [-0.3, -0.25) is 9.69 Å². The van der Waals surface area contributed by atoms with E-state index < -0.39 is 0 Å². The summed E-state index contributed by atoms with van der Waals surface area (Å²) in [6.07, 6.45) is 1.19. The fourth-order valence-corrected chi connectivity index (χ4v) is 2.50. The first-order chi connectivity index (χ1) is 6.35. The maximum atomic E-state index is 11.3. The summed E-state index contributed by atoms with van der Waals surface area (Å²) >= 11 is 0. The second-order valence-electron chi connectivity index (χ2n) is 5.67. The Morgan fingerprint density at radius 1 is 1.29 bits per heavy atom. The number of nitrogens with zero attached hydrogens (tertiary/aromatic N) is 2. The van der Waals surface area contributed by atoms with Crippen LogP contribution in [0.15, 0.2) is 0 Å². The van der Waals surface area contributed by atoms with E-state index in [4.69, 9.17) is 0 Å². The van der Waals surface area contributed by atoms with Crippen LogP contribution in [0.2, 0.25) is 0 Å². The lowest BCUT2D eigenvalue weighted by molar-refractivity contribution is -0.173.